The molecule has 1 rings (SSSR count). The minimum atomic E-state index is -3.39. The molecule has 0 spiro atoms. The first kappa shape index (κ1) is 16.5. The van der Waals surface area contributed by atoms with Gasteiger partial charge in [0.25, 0.3) is 0 Å². The summed E-state index contributed by atoms with van der Waals surface area (Å²) in [6, 6.07) is 6.50. The second kappa shape index (κ2) is 7.25. The van der Waals surface area contributed by atoms with Crippen molar-refractivity contribution in [2.75, 3.05) is 26.0 Å². The Labute approximate surface area is 119 Å². The maximum absolute atomic E-state index is 11.9. The Bertz CT molecular complexity index is 538. The van der Waals surface area contributed by atoms with Gasteiger partial charge in [0.2, 0.25) is 10.0 Å². The fourth-order valence-electron chi connectivity index (χ4n) is 1.59. The van der Waals surface area contributed by atoms with Crippen LogP contribution >= 0.6 is 0 Å². The highest BCUT2D eigenvalue weighted by Crippen LogP contribution is 2.16. The van der Waals surface area contributed by atoms with Crippen molar-refractivity contribution in [3.05, 3.63) is 24.3 Å². The molecule has 0 bridgehead atoms. The monoisotopic (exact) mass is 300 g/mol. The summed E-state index contributed by atoms with van der Waals surface area (Å²) in [4.78, 5) is 10.6. The molecule has 112 valence electrons. The van der Waals surface area contributed by atoms with E-state index in [1.165, 1.54) is 18.4 Å². The lowest BCUT2D eigenvalue weighted by molar-refractivity contribution is -0.137. The molecule has 0 amide bonds. The smallest absolute Gasteiger partial charge is 0.303 e. The first-order valence-corrected chi connectivity index (χ1v) is 7.76. The summed E-state index contributed by atoms with van der Waals surface area (Å²) in [5.41, 5.74) is 0.818. The summed E-state index contributed by atoms with van der Waals surface area (Å²) < 4.78 is 24.9. The summed E-state index contributed by atoms with van der Waals surface area (Å²) in [6.45, 7) is 0.660. The lowest BCUT2D eigenvalue weighted by Gasteiger charge is -2.12. The number of benzene rings is 1. The van der Waals surface area contributed by atoms with Gasteiger partial charge in [-0.3, -0.25) is 4.79 Å². The predicted molar refractivity (Wildman–Crippen MR) is 77.3 cm³/mol. The molecule has 0 fully saturated rings. The molecule has 0 radical (unpaired) electrons. The first-order valence-electron chi connectivity index (χ1n) is 6.32. The van der Waals surface area contributed by atoms with E-state index in [4.69, 9.17) is 5.11 Å². The van der Waals surface area contributed by atoms with Crippen molar-refractivity contribution in [2.45, 2.75) is 24.2 Å². The third-order valence-corrected chi connectivity index (χ3v) is 4.61. The normalized spacial score (nSPS) is 11.6. The number of sulfonamides is 1. The number of nitrogens with zero attached hydrogens (tertiary/aromatic N) is 1. The van der Waals surface area contributed by atoms with E-state index in [0.29, 0.717) is 13.0 Å². The van der Waals surface area contributed by atoms with E-state index in [9.17, 15) is 13.2 Å². The van der Waals surface area contributed by atoms with Crippen molar-refractivity contribution in [2.24, 2.45) is 0 Å². The molecule has 0 aliphatic heterocycles. The summed E-state index contributed by atoms with van der Waals surface area (Å²) in [5.74, 6) is -0.789. The highest BCUT2D eigenvalue weighted by molar-refractivity contribution is 7.89. The number of unbranched alkanes of at least 4 members (excludes halogenated alkanes) is 1. The fourth-order valence-corrected chi connectivity index (χ4v) is 2.49. The maximum atomic E-state index is 11.9. The molecule has 0 heterocycles. The van der Waals surface area contributed by atoms with E-state index in [2.05, 4.69) is 5.32 Å². The zero-order valence-electron chi connectivity index (χ0n) is 11.7. The molecule has 1 aromatic carbocycles. The Morgan fingerprint density at radius 3 is 2.30 bits per heavy atom. The average Bonchev–Trinajstić information content (AvgIpc) is 2.38. The highest BCUT2D eigenvalue weighted by atomic mass is 32.2. The summed E-state index contributed by atoms with van der Waals surface area (Å²) in [7, 11) is -0.412. The van der Waals surface area contributed by atoms with Gasteiger partial charge < -0.3 is 10.4 Å². The van der Waals surface area contributed by atoms with Crippen LogP contribution < -0.4 is 5.32 Å². The van der Waals surface area contributed by atoms with Crippen molar-refractivity contribution in [1.29, 1.82) is 0 Å². The second-order valence-electron chi connectivity index (χ2n) is 4.59. The summed E-state index contributed by atoms with van der Waals surface area (Å²) >= 11 is 0. The minimum absolute atomic E-state index is 0.168. The number of hydrogen-bond acceptors (Lipinski definition) is 4. The molecule has 6 nitrogen and oxygen atoms in total. The molecule has 7 heteroatoms. The van der Waals surface area contributed by atoms with Gasteiger partial charge in [-0.05, 0) is 37.1 Å². The van der Waals surface area contributed by atoms with Crippen LogP contribution in [-0.2, 0) is 14.8 Å². The number of aliphatic carboxylic acids is 1. The van der Waals surface area contributed by atoms with Crippen molar-refractivity contribution in [3.8, 4) is 0 Å². The third-order valence-electron chi connectivity index (χ3n) is 2.78. The number of carboxylic acids is 1. The minimum Gasteiger partial charge on any atom is -0.481 e. The Morgan fingerprint density at radius 2 is 1.80 bits per heavy atom. The number of carboxylic acid groups (broad SMARTS) is 1. The van der Waals surface area contributed by atoms with E-state index in [-0.39, 0.29) is 11.3 Å². The van der Waals surface area contributed by atoms with Gasteiger partial charge in [-0.25, -0.2) is 12.7 Å². The quantitative estimate of drug-likeness (QED) is 0.712. The molecule has 0 aliphatic carbocycles. The van der Waals surface area contributed by atoms with Crippen molar-refractivity contribution >= 4 is 21.7 Å². The van der Waals surface area contributed by atoms with Gasteiger partial charge in [0.1, 0.15) is 0 Å². The zero-order valence-corrected chi connectivity index (χ0v) is 12.5. The van der Waals surface area contributed by atoms with Crippen LogP contribution in [0.25, 0.3) is 0 Å². The number of anilines is 1. The van der Waals surface area contributed by atoms with Crippen LogP contribution in [0, 0.1) is 0 Å². The van der Waals surface area contributed by atoms with Crippen LogP contribution in [0.4, 0.5) is 5.69 Å². The topological polar surface area (TPSA) is 86.7 Å². The van der Waals surface area contributed by atoms with Gasteiger partial charge in [0.05, 0.1) is 4.90 Å². The fraction of sp³-hybridized carbons (Fsp3) is 0.462. The molecule has 2 N–H and O–H groups in total. The van der Waals surface area contributed by atoms with Gasteiger partial charge in [-0.15, -0.1) is 0 Å². The standard InChI is InChI=1S/C13H20N2O4S/c1-15(2)20(18,19)12-8-6-11(7-9-12)14-10-4-3-5-13(16)17/h6-9,14H,3-5,10H2,1-2H3,(H,16,17). The van der Waals surface area contributed by atoms with Crippen LogP contribution in [0.5, 0.6) is 0 Å². The van der Waals surface area contributed by atoms with Crippen molar-refractivity contribution < 1.29 is 18.3 Å². The summed E-state index contributed by atoms with van der Waals surface area (Å²) in [6.07, 6.45) is 1.54. The molecule has 1 aromatic rings. The zero-order chi connectivity index (χ0) is 15.2. The lowest BCUT2D eigenvalue weighted by Crippen LogP contribution is -2.22. The maximum Gasteiger partial charge on any atom is 0.303 e. The molecular weight excluding hydrogens is 280 g/mol. The van der Waals surface area contributed by atoms with Crippen molar-refractivity contribution in [3.63, 3.8) is 0 Å². The summed E-state index contributed by atoms with van der Waals surface area (Å²) in [5, 5.41) is 11.6. The lowest BCUT2D eigenvalue weighted by atomic mass is 10.2. The Balaban J connectivity index is 2.49. The average molecular weight is 300 g/mol. The van der Waals surface area contributed by atoms with Gasteiger partial charge in [-0.1, -0.05) is 0 Å². The van der Waals surface area contributed by atoms with Gasteiger partial charge in [0.15, 0.2) is 0 Å². The van der Waals surface area contributed by atoms with E-state index in [1.807, 2.05) is 0 Å². The molecule has 20 heavy (non-hydrogen) atoms. The van der Waals surface area contributed by atoms with Gasteiger partial charge in [-0.2, -0.15) is 0 Å². The second-order valence-corrected chi connectivity index (χ2v) is 6.74. The van der Waals surface area contributed by atoms with E-state index >= 15 is 0 Å². The predicted octanol–water partition coefficient (Wildman–Crippen LogP) is 1.60. The molecule has 0 atom stereocenters. The molecular formula is C13H20N2O4S. The largest absolute Gasteiger partial charge is 0.481 e. The number of carbonyl (C=O) groups is 1. The Morgan fingerprint density at radius 1 is 1.20 bits per heavy atom. The van der Waals surface area contributed by atoms with Crippen molar-refractivity contribution in [1.82, 2.24) is 4.31 Å². The number of nitrogens with one attached hydrogen (secondary N) is 1. The molecule has 0 unspecified atom stereocenters. The van der Waals surface area contributed by atoms with E-state index in [1.54, 1.807) is 24.3 Å². The number of rotatable bonds is 8. The molecule has 0 aliphatic rings. The van der Waals surface area contributed by atoms with Gasteiger partial charge in [0, 0.05) is 32.7 Å². The van der Waals surface area contributed by atoms with Gasteiger partial charge >= 0.3 is 5.97 Å². The molecule has 0 aromatic heterocycles. The first-order chi connectivity index (χ1) is 9.34. The third kappa shape index (κ3) is 4.82. The van der Waals surface area contributed by atoms with E-state index < -0.39 is 16.0 Å². The van der Waals surface area contributed by atoms with Crippen LogP contribution in [0.3, 0.4) is 0 Å². The van der Waals surface area contributed by atoms with Crippen LogP contribution in [-0.4, -0.2) is 44.4 Å². The Kier molecular flexibility index (Phi) is 5.97. The highest BCUT2D eigenvalue weighted by Gasteiger charge is 2.16. The Hall–Kier alpha value is -1.60. The van der Waals surface area contributed by atoms with E-state index in [0.717, 1.165) is 12.1 Å². The van der Waals surface area contributed by atoms with Crippen LogP contribution in [0.1, 0.15) is 19.3 Å². The molecule has 0 saturated heterocycles. The van der Waals surface area contributed by atoms with Crippen LogP contribution in [0.2, 0.25) is 0 Å². The van der Waals surface area contributed by atoms with Crippen LogP contribution in [0.15, 0.2) is 29.2 Å². The SMILES string of the molecule is CN(C)S(=O)(=O)c1ccc(NCCCCC(=O)O)cc1. The number of hydrogen-bond donors (Lipinski definition) is 2. The molecule has 0 saturated carbocycles.